The van der Waals surface area contributed by atoms with Gasteiger partial charge in [-0.3, -0.25) is 9.91 Å². The first-order valence-electron chi connectivity index (χ1n) is 9.44. The van der Waals surface area contributed by atoms with Gasteiger partial charge in [0.05, 0.1) is 6.21 Å². The van der Waals surface area contributed by atoms with Crippen molar-refractivity contribution in [3.63, 3.8) is 0 Å². The molecule has 0 saturated carbocycles. The Balaban J connectivity index is 1.34. The minimum absolute atomic E-state index is 0.976. The smallest absolute Gasteiger partial charge is 0.0542 e. The zero-order chi connectivity index (χ0) is 18.5. The van der Waals surface area contributed by atoms with Crippen LogP contribution in [0, 0.1) is 0 Å². The van der Waals surface area contributed by atoms with E-state index in [2.05, 4.69) is 88.0 Å². The number of thioether (sulfide) groups is 1. The van der Waals surface area contributed by atoms with Crippen LogP contribution in [0.15, 0.2) is 76.7 Å². The molecule has 1 saturated heterocycles. The second kappa shape index (κ2) is 8.59. The summed E-state index contributed by atoms with van der Waals surface area (Å²) in [5.41, 5.74) is 2.57. The second-order valence-corrected chi connectivity index (χ2v) is 7.77. The van der Waals surface area contributed by atoms with Crippen molar-refractivity contribution >= 4 is 28.7 Å². The van der Waals surface area contributed by atoms with Crippen LogP contribution in [-0.2, 0) is 6.54 Å². The van der Waals surface area contributed by atoms with Crippen LogP contribution in [0.3, 0.4) is 0 Å². The van der Waals surface area contributed by atoms with Gasteiger partial charge in [0.1, 0.15) is 0 Å². The van der Waals surface area contributed by atoms with Crippen molar-refractivity contribution in [2.24, 2.45) is 5.10 Å². The summed E-state index contributed by atoms with van der Waals surface area (Å²) in [6.07, 6.45) is 4.07. The molecule has 1 fully saturated rings. The molecular weight excluding hydrogens is 350 g/mol. The Morgan fingerprint density at radius 2 is 1.63 bits per heavy atom. The number of rotatable bonds is 5. The van der Waals surface area contributed by atoms with Gasteiger partial charge in [-0.1, -0.05) is 54.6 Å². The molecule has 1 heterocycles. The van der Waals surface area contributed by atoms with Crippen LogP contribution in [0.1, 0.15) is 11.1 Å². The molecule has 1 aliphatic rings. The maximum absolute atomic E-state index is 4.68. The monoisotopic (exact) mass is 375 g/mol. The fourth-order valence-corrected chi connectivity index (χ4v) is 3.93. The van der Waals surface area contributed by atoms with Crippen LogP contribution < -0.4 is 0 Å². The van der Waals surface area contributed by atoms with E-state index in [0.29, 0.717) is 0 Å². The van der Waals surface area contributed by atoms with E-state index in [0.717, 1.165) is 38.3 Å². The number of hydrazone groups is 1. The van der Waals surface area contributed by atoms with Crippen molar-refractivity contribution < 1.29 is 0 Å². The zero-order valence-corrected chi connectivity index (χ0v) is 16.5. The lowest BCUT2D eigenvalue weighted by atomic mass is 10.0. The standard InChI is InChI=1S/C23H25N3S/c1-27-22-11-9-19(10-12-22)17-24-26-15-13-25(14-16-26)18-21-7-4-6-20-5-2-3-8-23(20)21/h2-12,17H,13-16,18H2,1H3. The molecule has 0 spiro atoms. The molecule has 4 rings (SSSR count). The number of hydrogen-bond acceptors (Lipinski definition) is 4. The Morgan fingerprint density at radius 1 is 0.889 bits per heavy atom. The lowest BCUT2D eigenvalue weighted by molar-refractivity contribution is 0.131. The van der Waals surface area contributed by atoms with Gasteiger partial charge in [0.25, 0.3) is 0 Å². The summed E-state index contributed by atoms with van der Waals surface area (Å²) >= 11 is 1.76. The van der Waals surface area contributed by atoms with E-state index in [1.54, 1.807) is 11.8 Å². The van der Waals surface area contributed by atoms with Crippen LogP contribution in [0.25, 0.3) is 10.8 Å². The third-order valence-electron chi connectivity index (χ3n) is 5.11. The maximum atomic E-state index is 4.68. The average molecular weight is 376 g/mol. The molecule has 0 radical (unpaired) electrons. The molecule has 0 bridgehead atoms. The molecule has 0 aliphatic carbocycles. The van der Waals surface area contributed by atoms with Gasteiger partial charge in [-0.05, 0) is 40.3 Å². The van der Waals surface area contributed by atoms with Crippen molar-refractivity contribution in [3.05, 3.63) is 77.9 Å². The van der Waals surface area contributed by atoms with Gasteiger partial charge in [0, 0.05) is 37.6 Å². The largest absolute Gasteiger partial charge is 0.295 e. The fraction of sp³-hybridized carbons (Fsp3) is 0.261. The maximum Gasteiger partial charge on any atom is 0.0542 e. The summed E-state index contributed by atoms with van der Waals surface area (Å²) in [5, 5.41) is 9.55. The van der Waals surface area contributed by atoms with Crippen molar-refractivity contribution in [2.45, 2.75) is 11.4 Å². The first kappa shape index (κ1) is 18.1. The lowest BCUT2D eigenvalue weighted by Crippen LogP contribution is -2.43. The number of piperazine rings is 1. The lowest BCUT2D eigenvalue weighted by Gasteiger charge is -2.33. The Kier molecular flexibility index (Phi) is 5.75. The average Bonchev–Trinajstić information content (AvgIpc) is 2.74. The molecule has 27 heavy (non-hydrogen) atoms. The molecule has 4 heteroatoms. The summed E-state index contributed by atoms with van der Waals surface area (Å²) < 4.78 is 0. The van der Waals surface area contributed by atoms with Gasteiger partial charge in [-0.2, -0.15) is 5.10 Å². The van der Waals surface area contributed by atoms with Crippen molar-refractivity contribution in [1.82, 2.24) is 9.91 Å². The first-order valence-corrected chi connectivity index (χ1v) is 10.7. The Hall–Kier alpha value is -2.30. The first-order chi connectivity index (χ1) is 13.3. The van der Waals surface area contributed by atoms with E-state index in [4.69, 9.17) is 0 Å². The molecule has 138 valence electrons. The number of nitrogens with zero attached hydrogens (tertiary/aromatic N) is 3. The predicted octanol–water partition coefficient (Wildman–Crippen LogP) is 4.71. The Bertz CT molecular complexity index is 907. The normalized spacial score (nSPS) is 15.7. The van der Waals surface area contributed by atoms with Crippen LogP contribution >= 0.6 is 11.8 Å². The highest BCUT2D eigenvalue weighted by atomic mass is 32.2. The second-order valence-electron chi connectivity index (χ2n) is 6.89. The summed E-state index contributed by atoms with van der Waals surface area (Å²) in [5.74, 6) is 0. The van der Waals surface area contributed by atoms with E-state index in [1.807, 2.05) is 6.21 Å². The van der Waals surface area contributed by atoms with Gasteiger partial charge >= 0.3 is 0 Å². The Morgan fingerprint density at radius 3 is 2.41 bits per heavy atom. The molecule has 0 amide bonds. The van der Waals surface area contributed by atoms with E-state index in [9.17, 15) is 0 Å². The third kappa shape index (κ3) is 4.52. The summed E-state index contributed by atoms with van der Waals surface area (Å²) in [7, 11) is 0. The number of fused-ring (bicyclic) bond motifs is 1. The van der Waals surface area contributed by atoms with Crippen LogP contribution in [0.5, 0.6) is 0 Å². The molecule has 1 aliphatic heterocycles. The van der Waals surface area contributed by atoms with Crippen molar-refractivity contribution in [3.8, 4) is 0 Å². The van der Waals surface area contributed by atoms with Gasteiger partial charge < -0.3 is 0 Å². The molecule has 3 nitrogen and oxygen atoms in total. The minimum Gasteiger partial charge on any atom is -0.295 e. The van der Waals surface area contributed by atoms with E-state index in [-0.39, 0.29) is 0 Å². The van der Waals surface area contributed by atoms with Gasteiger partial charge in [-0.15, -0.1) is 11.8 Å². The zero-order valence-electron chi connectivity index (χ0n) is 15.7. The van der Waals surface area contributed by atoms with E-state index in [1.165, 1.54) is 21.2 Å². The predicted molar refractivity (Wildman–Crippen MR) is 117 cm³/mol. The molecule has 0 unspecified atom stereocenters. The molecular formula is C23H25N3S. The molecule has 3 aromatic rings. The van der Waals surface area contributed by atoms with Crippen LogP contribution in [0.4, 0.5) is 0 Å². The summed E-state index contributed by atoms with van der Waals surface area (Å²) in [6, 6.07) is 23.8. The molecule has 3 aromatic carbocycles. The summed E-state index contributed by atoms with van der Waals surface area (Å²) in [6.45, 7) is 5.06. The highest BCUT2D eigenvalue weighted by molar-refractivity contribution is 7.98. The number of hydrogen-bond donors (Lipinski definition) is 0. The summed E-state index contributed by atoms with van der Waals surface area (Å²) in [4.78, 5) is 3.82. The third-order valence-corrected chi connectivity index (χ3v) is 5.85. The van der Waals surface area contributed by atoms with Gasteiger partial charge in [0.2, 0.25) is 0 Å². The Labute approximate surface area is 165 Å². The SMILES string of the molecule is CSc1ccc(C=NN2CCN(Cc3cccc4ccccc34)CC2)cc1. The molecule has 0 N–H and O–H groups in total. The van der Waals surface area contributed by atoms with Crippen molar-refractivity contribution in [2.75, 3.05) is 32.4 Å². The quantitative estimate of drug-likeness (QED) is 0.475. The highest BCUT2D eigenvalue weighted by Gasteiger charge is 2.16. The topological polar surface area (TPSA) is 18.8 Å². The van der Waals surface area contributed by atoms with Crippen LogP contribution in [0.2, 0.25) is 0 Å². The molecule has 0 atom stereocenters. The minimum atomic E-state index is 0.976. The van der Waals surface area contributed by atoms with E-state index >= 15 is 0 Å². The van der Waals surface area contributed by atoms with Gasteiger partial charge in [0.15, 0.2) is 0 Å². The van der Waals surface area contributed by atoms with Crippen LogP contribution in [-0.4, -0.2) is 48.6 Å². The highest BCUT2D eigenvalue weighted by Crippen LogP contribution is 2.20. The van der Waals surface area contributed by atoms with Crippen molar-refractivity contribution in [1.29, 1.82) is 0 Å². The number of benzene rings is 3. The molecule has 0 aromatic heterocycles. The fourth-order valence-electron chi connectivity index (χ4n) is 3.52. The van der Waals surface area contributed by atoms with Gasteiger partial charge in [-0.25, -0.2) is 0 Å². The van der Waals surface area contributed by atoms with E-state index < -0.39 is 0 Å².